The quantitative estimate of drug-likeness (QED) is 0.904. The fourth-order valence-electron chi connectivity index (χ4n) is 2.06. The maximum Gasteiger partial charge on any atom is 0.139 e. The molecule has 0 amide bonds. The number of hydrogen-bond acceptors (Lipinski definition) is 2. The Hall–Kier alpha value is -0.610. The van der Waals surface area contributed by atoms with Gasteiger partial charge in [0.05, 0.1) is 4.47 Å². The molecule has 0 radical (unpaired) electrons. The van der Waals surface area contributed by atoms with Crippen LogP contribution in [-0.4, -0.2) is 24.8 Å². The summed E-state index contributed by atoms with van der Waals surface area (Å²) in [7, 11) is 0. The Balaban J connectivity index is 2.05. The first-order valence-corrected chi connectivity index (χ1v) is 6.31. The molecule has 1 aromatic rings. The number of hydrogen-bond donors (Lipinski definition) is 1. The number of nitrogens with zero attached hydrogens (tertiary/aromatic N) is 1. The van der Waals surface area contributed by atoms with Crippen LogP contribution in [0.5, 0.6) is 0 Å². The number of anilines is 1. The lowest BCUT2D eigenvalue weighted by atomic mass is 9.97. The van der Waals surface area contributed by atoms with Crippen LogP contribution in [0.3, 0.4) is 0 Å². The zero-order valence-electron chi connectivity index (χ0n) is 9.00. The number of piperidine rings is 1. The molecule has 4 heteroatoms. The molecule has 1 aromatic carbocycles. The SMILES string of the molecule is OCC1CCN(c2ccc(Br)c(F)c2)CC1. The van der Waals surface area contributed by atoms with Gasteiger partial charge in [0.15, 0.2) is 0 Å². The summed E-state index contributed by atoms with van der Waals surface area (Å²) in [6, 6.07) is 5.22. The van der Waals surface area contributed by atoms with Gasteiger partial charge in [0.1, 0.15) is 5.82 Å². The maximum atomic E-state index is 13.4. The number of aliphatic hydroxyl groups excluding tert-OH is 1. The highest BCUT2D eigenvalue weighted by molar-refractivity contribution is 9.10. The molecular weight excluding hydrogens is 273 g/mol. The smallest absolute Gasteiger partial charge is 0.139 e. The van der Waals surface area contributed by atoms with Gasteiger partial charge < -0.3 is 10.0 Å². The molecular formula is C12H15BrFNO. The van der Waals surface area contributed by atoms with Crippen LogP contribution in [-0.2, 0) is 0 Å². The Morgan fingerprint density at radius 3 is 2.62 bits per heavy atom. The van der Waals surface area contributed by atoms with Crippen molar-refractivity contribution in [1.82, 2.24) is 0 Å². The summed E-state index contributed by atoms with van der Waals surface area (Å²) in [5.41, 5.74) is 0.928. The minimum atomic E-state index is -0.221. The van der Waals surface area contributed by atoms with Crippen LogP contribution < -0.4 is 4.90 Å². The van der Waals surface area contributed by atoms with E-state index in [0.29, 0.717) is 10.4 Å². The molecule has 1 N–H and O–H groups in total. The zero-order valence-corrected chi connectivity index (χ0v) is 10.6. The Morgan fingerprint density at radius 2 is 2.06 bits per heavy atom. The van der Waals surface area contributed by atoms with Gasteiger partial charge in [0, 0.05) is 25.4 Å². The van der Waals surface area contributed by atoms with Gasteiger partial charge in [-0.2, -0.15) is 0 Å². The first-order chi connectivity index (χ1) is 7.70. The minimum absolute atomic E-state index is 0.221. The number of halogens is 2. The first kappa shape index (κ1) is 11.9. The highest BCUT2D eigenvalue weighted by Gasteiger charge is 2.19. The van der Waals surface area contributed by atoms with Crippen molar-refractivity contribution in [3.63, 3.8) is 0 Å². The van der Waals surface area contributed by atoms with E-state index in [1.54, 1.807) is 12.1 Å². The Labute approximate surface area is 103 Å². The van der Waals surface area contributed by atoms with E-state index in [9.17, 15) is 4.39 Å². The van der Waals surface area contributed by atoms with Gasteiger partial charge in [-0.3, -0.25) is 0 Å². The van der Waals surface area contributed by atoms with Crippen molar-refractivity contribution in [2.45, 2.75) is 12.8 Å². The van der Waals surface area contributed by atoms with Gasteiger partial charge in [-0.15, -0.1) is 0 Å². The third kappa shape index (κ3) is 2.55. The molecule has 88 valence electrons. The summed E-state index contributed by atoms with van der Waals surface area (Å²) in [6.45, 7) is 2.06. The third-order valence-electron chi connectivity index (χ3n) is 3.14. The number of aliphatic hydroxyl groups is 1. The third-order valence-corrected chi connectivity index (χ3v) is 3.78. The van der Waals surface area contributed by atoms with Gasteiger partial charge >= 0.3 is 0 Å². The van der Waals surface area contributed by atoms with E-state index in [1.165, 1.54) is 0 Å². The molecule has 0 spiro atoms. The molecule has 2 nitrogen and oxygen atoms in total. The largest absolute Gasteiger partial charge is 0.396 e. The standard InChI is InChI=1S/C12H15BrFNO/c13-11-2-1-10(7-12(11)14)15-5-3-9(8-16)4-6-15/h1-2,7,9,16H,3-6,8H2. The molecule has 0 unspecified atom stereocenters. The van der Waals surface area contributed by atoms with Crippen molar-refractivity contribution in [3.05, 3.63) is 28.5 Å². The van der Waals surface area contributed by atoms with Crippen molar-refractivity contribution >= 4 is 21.6 Å². The zero-order chi connectivity index (χ0) is 11.5. The van der Waals surface area contributed by atoms with Crippen molar-refractivity contribution in [3.8, 4) is 0 Å². The summed E-state index contributed by atoms with van der Waals surface area (Å²) in [5.74, 6) is 0.193. The molecule has 1 aliphatic heterocycles. The van der Waals surface area contributed by atoms with Crippen molar-refractivity contribution < 1.29 is 9.50 Å². The number of rotatable bonds is 2. The minimum Gasteiger partial charge on any atom is -0.396 e. The second-order valence-corrected chi connectivity index (χ2v) is 5.07. The van der Waals surface area contributed by atoms with E-state index in [0.717, 1.165) is 31.6 Å². The topological polar surface area (TPSA) is 23.5 Å². The van der Waals surface area contributed by atoms with Gasteiger partial charge in [-0.1, -0.05) is 0 Å². The molecule has 1 saturated heterocycles. The molecule has 2 rings (SSSR count). The average Bonchev–Trinajstić information content (AvgIpc) is 2.33. The van der Waals surface area contributed by atoms with Crippen molar-refractivity contribution in [1.29, 1.82) is 0 Å². The summed E-state index contributed by atoms with van der Waals surface area (Å²) < 4.78 is 13.9. The molecule has 16 heavy (non-hydrogen) atoms. The lowest BCUT2D eigenvalue weighted by Crippen LogP contribution is -2.34. The maximum absolute atomic E-state index is 13.4. The van der Waals surface area contributed by atoms with Crippen LogP contribution in [0.4, 0.5) is 10.1 Å². The fourth-order valence-corrected chi connectivity index (χ4v) is 2.30. The summed E-state index contributed by atoms with van der Waals surface area (Å²) in [4.78, 5) is 2.17. The molecule has 0 aliphatic carbocycles. The van der Waals surface area contributed by atoms with Crippen molar-refractivity contribution in [2.24, 2.45) is 5.92 Å². The monoisotopic (exact) mass is 287 g/mol. The average molecular weight is 288 g/mol. The van der Waals surface area contributed by atoms with Crippen LogP contribution in [0.25, 0.3) is 0 Å². The first-order valence-electron chi connectivity index (χ1n) is 5.51. The van der Waals surface area contributed by atoms with E-state index in [1.807, 2.05) is 6.07 Å². The molecule has 1 heterocycles. The molecule has 0 aromatic heterocycles. The van der Waals surface area contributed by atoms with Gasteiger partial charge in [-0.05, 0) is 52.9 Å². The Morgan fingerprint density at radius 1 is 1.38 bits per heavy atom. The lowest BCUT2D eigenvalue weighted by Gasteiger charge is -2.32. The molecule has 0 atom stereocenters. The van der Waals surface area contributed by atoms with Crippen LogP contribution in [0.1, 0.15) is 12.8 Å². The van der Waals surface area contributed by atoms with Crippen molar-refractivity contribution in [2.75, 3.05) is 24.6 Å². The summed E-state index contributed by atoms with van der Waals surface area (Å²) >= 11 is 3.15. The number of benzene rings is 1. The lowest BCUT2D eigenvalue weighted by molar-refractivity contribution is 0.203. The van der Waals surface area contributed by atoms with Gasteiger partial charge in [-0.25, -0.2) is 4.39 Å². The van der Waals surface area contributed by atoms with Gasteiger partial charge in [0.25, 0.3) is 0 Å². The van der Waals surface area contributed by atoms with E-state index in [4.69, 9.17) is 5.11 Å². The second kappa shape index (κ2) is 5.15. The fraction of sp³-hybridized carbons (Fsp3) is 0.500. The summed E-state index contributed by atoms with van der Waals surface area (Å²) in [5, 5.41) is 9.04. The highest BCUT2D eigenvalue weighted by Crippen LogP contribution is 2.26. The van der Waals surface area contributed by atoms with E-state index >= 15 is 0 Å². The normalized spacial score (nSPS) is 17.8. The predicted octanol–water partition coefficient (Wildman–Crippen LogP) is 2.80. The molecule has 1 fully saturated rings. The second-order valence-electron chi connectivity index (χ2n) is 4.21. The molecule has 1 aliphatic rings. The van der Waals surface area contributed by atoms with Gasteiger partial charge in [0.2, 0.25) is 0 Å². The van der Waals surface area contributed by atoms with Crippen LogP contribution >= 0.6 is 15.9 Å². The van der Waals surface area contributed by atoms with Crippen LogP contribution in [0.15, 0.2) is 22.7 Å². The molecule has 0 saturated carbocycles. The van der Waals surface area contributed by atoms with Crippen LogP contribution in [0, 0.1) is 11.7 Å². The highest BCUT2D eigenvalue weighted by atomic mass is 79.9. The Kier molecular flexibility index (Phi) is 3.82. The Bertz CT molecular complexity index is 364. The molecule has 0 bridgehead atoms. The van der Waals surface area contributed by atoms with E-state index in [2.05, 4.69) is 20.8 Å². The summed E-state index contributed by atoms with van der Waals surface area (Å²) in [6.07, 6.45) is 1.96. The predicted molar refractivity (Wildman–Crippen MR) is 66.1 cm³/mol. The van der Waals surface area contributed by atoms with Crippen LogP contribution in [0.2, 0.25) is 0 Å². The van der Waals surface area contributed by atoms with E-state index < -0.39 is 0 Å². The van der Waals surface area contributed by atoms with E-state index in [-0.39, 0.29) is 12.4 Å².